The molecule has 1 aliphatic heterocycles. The zero-order valence-corrected chi connectivity index (χ0v) is 17.5. The van der Waals surface area contributed by atoms with E-state index in [1.807, 2.05) is 24.3 Å². The Hall–Kier alpha value is -1.92. The second kappa shape index (κ2) is 9.52. The SMILES string of the molecule is CC(C)CCN(C)CCOc1ccc([C@H]2CSc3c(ccc(O)c3F)O2)cc1. The first kappa shape index (κ1) is 20.8. The van der Waals surface area contributed by atoms with Gasteiger partial charge in [0.05, 0.1) is 4.90 Å². The lowest BCUT2D eigenvalue weighted by Gasteiger charge is -2.26. The summed E-state index contributed by atoms with van der Waals surface area (Å²) in [6.07, 6.45) is 1.04. The van der Waals surface area contributed by atoms with E-state index in [0.717, 1.165) is 24.4 Å². The summed E-state index contributed by atoms with van der Waals surface area (Å²) in [7, 11) is 2.12. The summed E-state index contributed by atoms with van der Waals surface area (Å²) in [5, 5.41) is 9.49. The number of aromatic hydroxyl groups is 1. The maximum Gasteiger partial charge on any atom is 0.182 e. The number of ether oxygens (including phenoxy) is 2. The fourth-order valence-electron chi connectivity index (χ4n) is 2.95. The standard InChI is InChI=1S/C22H28FNO3S/c1-15(2)10-11-24(3)12-13-26-17-6-4-16(5-7-17)20-14-28-22-19(27-20)9-8-18(25)21(22)23/h4-9,15,20,25H,10-14H2,1-3H3/t20-/m1/s1. The zero-order chi connectivity index (χ0) is 20.1. The molecule has 152 valence electrons. The molecule has 6 heteroatoms. The van der Waals surface area contributed by atoms with Gasteiger partial charge in [-0.05, 0) is 55.8 Å². The molecule has 1 atom stereocenters. The van der Waals surface area contributed by atoms with Gasteiger partial charge in [-0.15, -0.1) is 11.8 Å². The number of benzene rings is 2. The number of phenolic OH excluding ortho intramolecular Hbond substituents is 1. The molecule has 0 bridgehead atoms. The lowest BCUT2D eigenvalue weighted by atomic mass is 10.1. The molecular formula is C22H28FNO3S. The zero-order valence-electron chi connectivity index (χ0n) is 16.7. The Bertz CT molecular complexity index is 782. The fourth-order valence-corrected chi connectivity index (χ4v) is 4.02. The second-order valence-corrected chi connectivity index (χ2v) is 8.58. The van der Waals surface area contributed by atoms with E-state index < -0.39 is 5.82 Å². The molecule has 0 fully saturated rings. The number of phenols is 1. The van der Waals surface area contributed by atoms with Crippen molar-refractivity contribution >= 4 is 11.8 Å². The van der Waals surface area contributed by atoms with E-state index >= 15 is 0 Å². The fraction of sp³-hybridized carbons (Fsp3) is 0.455. The molecule has 1 heterocycles. The van der Waals surface area contributed by atoms with Crippen molar-refractivity contribution in [1.82, 2.24) is 4.90 Å². The molecule has 4 nitrogen and oxygen atoms in total. The van der Waals surface area contributed by atoms with Gasteiger partial charge < -0.3 is 19.5 Å². The monoisotopic (exact) mass is 405 g/mol. The van der Waals surface area contributed by atoms with Crippen LogP contribution in [0.15, 0.2) is 41.3 Å². The van der Waals surface area contributed by atoms with Crippen LogP contribution in [0.2, 0.25) is 0 Å². The van der Waals surface area contributed by atoms with Crippen molar-refractivity contribution in [2.45, 2.75) is 31.3 Å². The molecule has 0 spiro atoms. The third-order valence-electron chi connectivity index (χ3n) is 4.77. The van der Waals surface area contributed by atoms with Crippen LogP contribution in [0.1, 0.15) is 31.9 Å². The van der Waals surface area contributed by atoms with Gasteiger partial charge in [0.25, 0.3) is 0 Å². The highest BCUT2D eigenvalue weighted by Gasteiger charge is 2.25. The quantitative estimate of drug-likeness (QED) is 0.661. The highest BCUT2D eigenvalue weighted by molar-refractivity contribution is 7.99. The van der Waals surface area contributed by atoms with Crippen LogP contribution in [0.3, 0.4) is 0 Å². The highest BCUT2D eigenvalue weighted by atomic mass is 32.2. The Morgan fingerprint density at radius 2 is 1.96 bits per heavy atom. The number of fused-ring (bicyclic) bond motifs is 1. The summed E-state index contributed by atoms with van der Waals surface area (Å²) in [4.78, 5) is 2.66. The number of hydrogen-bond donors (Lipinski definition) is 1. The summed E-state index contributed by atoms with van der Waals surface area (Å²) in [5.41, 5.74) is 1.02. The van der Waals surface area contributed by atoms with E-state index in [2.05, 4.69) is 25.8 Å². The molecular weight excluding hydrogens is 377 g/mol. The predicted molar refractivity (Wildman–Crippen MR) is 111 cm³/mol. The molecule has 0 saturated heterocycles. The van der Waals surface area contributed by atoms with E-state index in [4.69, 9.17) is 9.47 Å². The van der Waals surface area contributed by atoms with Crippen molar-refractivity contribution < 1.29 is 19.0 Å². The van der Waals surface area contributed by atoms with Crippen LogP contribution in [0.5, 0.6) is 17.2 Å². The van der Waals surface area contributed by atoms with Gasteiger partial charge in [0, 0.05) is 12.3 Å². The Labute approximate surface area is 170 Å². The van der Waals surface area contributed by atoms with Gasteiger partial charge >= 0.3 is 0 Å². The first-order valence-electron chi connectivity index (χ1n) is 9.66. The third-order valence-corrected chi connectivity index (χ3v) is 5.91. The van der Waals surface area contributed by atoms with Gasteiger partial charge in [0.15, 0.2) is 11.6 Å². The number of likely N-dealkylation sites (N-methyl/N-ethyl adjacent to an activating group) is 1. The van der Waals surface area contributed by atoms with E-state index in [1.54, 1.807) is 6.07 Å². The molecule has 28 heavy (non-hydrogen) atoms. The average Bonchev–Trinajstić information content (AvgIpc) is 2.69. The van der Waals surface area contributed by atoms with Crippen LogP contribution in [0.25, 0.3) is 0 Å². The number of rotatable bonds is 8. The van der Waals surface area contributed by atoms with E-state index in [1.165, 1.54) is 24.2 Å². The van der Waals surface area contributed by atoms with E-state index in [0.29, 0.717) is 28.9 Å². The molecule has 2 aromatic carbocycles. The lowest BCUT2D eigenvalue weighted by molar-refractivity contribution is 0.216. The van der Waals surface area contributed by atoms with Crippen LogP contribution < -0.4 is 9.47 Å². The molecule has 0 aliphatic carbocycles. The van der Waals surface area contributed by atoms with Crippen molar-refractivity contribution in [2.24, 2.45) is 5.92 Å². The van der Waals surface area contributed by atoms with Crippen LogP contribution in [0.4, 0.5) is 4.39 Å². The van der Waals surface area contributed by atoms with Crippen molar-refractivity contribution in [2.75, 3.05) is 32.5 Å². The molecule has 0 radical (unpaired) electrons. The largest absolute Gasteiger partial charge is 0.505 e. The molecule has 0 saturated carbocycles. The Morgan fingerprint density at radius 1 is 1.21 bits per heavy atom. The minimum atomic E-state index is -0.608. The number of hydrogen-bond acceptors (Lipinski definition) is 5. The van der Waals surface area contributed by atoms with Crippen LogP contribution in [-0.2, 0) is 0 Å². The first-order valence-corrected chi connectivity index (χ1v) is 10.6. The first-order chi connectivity index (χ1) is 13.4. The molecule has 3 rings (SSSR count). The minimum Gasteiger partial charge on any atom is -0.505 e. The van der Waals surface area contributed by atoms with Crippen molar-refractivity contribution in [3.05, 3.63) is 47.8 Å². The topological polar surface area (TPSA) is 41.9 Å². The van der Waals surface area contributed by atoms with Gasteiger partial charge in [-0.1, -0.05) is 26.0 Å². The van der Waals surface area contributed by atoms with Gasteiger partial charge in [0.2, 0.25) is 0 Å². The van der Waals surface area contributed by atoms with Crippen LogP contribution >= 0.6 is 11.8 Å². The molecule has 2 aromatic rings. The maximum absolute atomic E-state index is 14.0. The van der Waals surface area contributed by atoms with Crippen molar-refractivity contribution in [3.63, 3.8) is 0 Å². The summed E-state index contributed by atoms with van der Waals surface area (Å²) in [5.74, 6) is 1.66. The number of halogens is 1. The van der Waals surface area contributed by atoms with Crippen LogP contribution in [0, 0.1) is 11.7 Å². The summed E-state index contributed by atoms with van der Waals surface area (Å²) >= 11 is 1.36. The molecule has 0 unspecified atom stereocenters. The second-order valence-electron chi connectivity index (χ2n) is 7.55. The summed E-state index contributed by atoms with van der Waals surface area (Å²) in [6, 6.07) is 10.8. The number of thioether (sulfide) groups is 1. The highest BCUT2D eigenvalue weighted by Crippen LogP contribution is 2.44. The van der Waals surface area contributed by atoms with Gasteiger partial charge in [-0.2, -0.15) is 0 Å². The third kappa shape index (κ3) is 5.32. The molecule has 0 aromatic heterocycles. The summed E-state index contributed by atoms with van der Waals surface area (Å²) in [6.45, 7) is 7.10. The van der Waals surface area contributed by atoms with E-state index in [-0.39, 0.29) is 11.9 Å². The normalized spacial score (nSPS) is 16.1. The van der Waals surface area contributed by atoms with Gasteiger partial charge in [0.1, 0.15) is 24.2 Å². The molecule has 1 aliphatic rings. The minimum absolute atomic E-state index is 0.155. The lowest BCUT2D eigenvalue weighted by Crippen LogP contribution is -2.26. The van der Waals surface area contributed by atoms with Gasteiger partial charge in [-0.3, -0.25) is 0 Å². The number of nitrogens with zero attached hydrogens (tertiary/aromatic N) is 1. The van der Waals surface area contributed by atoms with E-state index in [9.17, 15) is 9.50 Å². The van der Waals surface area contributed by atoms with Crippen molar-refractivity contribution in [3.8, 4) is 17.2 Å². The van der Waals surface area contributed by atoms with Crippen LogP contribution in [-0.4, -0.2) is 42.5 Å². The molecule has 0 amide bonds. The Morgan fingerprint density at radius 3 is 2.68 bits per heavy atom. The van der Waals surface area contributed by atoms with Gasteiger partial charge in [-0.25, -0.2) is 4.39 Å². The maximum atomic E-state index is 14.0. The molecule has 1 N–H and O–H groups in total. The predicted octanol–water partition coefficient (Wildman–Crippen LogP) is 5.11. The van der Waals surface area contributed by atoms with Crippen molar-refractivity contribution in [1.29, 1.82) is 0 Å². The summed E-state index contributed by atoms with van der Waals surface area (Å²) < 4.78 is 25.7. The smallest absolute Gasteiger partial charge is 0.182 e. The Balaban J connectivity index is 1.51. The Kier molecular flexibility index (Phi) is 7.08. The average molecular weight is 406 g/mol.